The molecule has 0 bridgehead atoms. The summed E-state index contributed by atoms with van der Waals surface area (Å²) < 4.78 is 2.02. The molecule has 3 aromatic rings. The molecule has 0 saturated carbocycles. The predicted octanol–water partition coefficient (Wildman–Crippen LogP) is 6.09. The molecule has 2 heterocycles. The van der Waals surface area contributed by atoms with Gasteiger partial charge < -0.3 is 0 Å². The Morgan fingerprint density at radius 3 is 2.44 bits per heavy atom. The average Bonchev–Trinajstić information content (AvgIpc) is 2.91. The minimum atomic E-state index is 0.212. The summed E-state index contributed by atoms with van der Waals surface area (Å²) in [5, 5.41) is 15.9. The molecule has 0 unspecified atom stereocenters. The highest BCUT2D eigenvalue weighted by molar-refractivity contribution is 7.99. The van der Waals surface area contributed by atoms with Gasteiger partial charge in [-0.3, -0.25) is 9.67 Å². The Morgan fingerprint density at radius 2 is 1.89 bits per heavy atom. The molecule has 2 aromatic heterocycles. The van der Waals surface area contributed by atoms with E-state index in [4.69, 9.17) is 33.6 Å². The molecular weight excluding hydrogens is 399 g/mol. The van der Waals surface area contributed by atoms with E-state index in [0.717, 1.165) is 26.9 Å². The Labute approximate surface area is 173 Å². The molecule has 0 radical (unpaired) electrons. The summed E-state index contributed by atoms with van der Waals surface area (Å²) >= 11 is 13.9. The number of halogens is 2. The van der Waals surface area contributed by atoms with Gasteiger partial charge in [0.15, 0.2) is 0 Å². The zero-order valence-electron chi connectivity index (χ0n) is 15.2. The van der Waals surface area contributed by atoms with E-state index in [1.165, 1.54) is 0 Å². The van der Waals surface area contributed by atoms with E-state index in [-0.39, 0.29) is 6.04 Å². The van der Waals surface area contributed by atoms with Crippen LogP contribution in [0.5, 0.6) is 0 Å². The lowest BCUT2D eigenvalue weighted by Crippen LogP contribution is -2.05. The molecule has 0 atom stereocenters. The summed E-state index contributed by atoms with van der Waals surface area (Å²) in [6.07, 6.45) is 2.24. The monoisotopic (exact) mass is 416 g/mol. The zero-order chi connectivity index (χ0) is 19.6. The number of nitriles is 1. The van der Waals surface area contributed by atoms with E-state index >= 15 is 0 Å². The lowest BCUT2D eigenvalue weighted by atomic mass is 10.1. The number of pyridine rings is 1. The Hall–Kier alpha value is -2.00. The first kappa shape index (κ1) is 19.8. The summed E-state index contributed by atoms with van der Waals surface area (Å²) in [5.74, 6) is 0. The maximum Gasteiger partial charge on any atom is 0.103 e. The van der Waals surface area contributed by atoms with Crippen molar-refractivity contribution in [1.29, 1.82) is 5.26 Å². The predicted molar refractivity (Wildman–Crippen MR) is 110 cm³/mol. The average molecular weight is 417 g/mol. The van der Waals surface area contributed by atoms with Gasteiger partial charge in [0, 0.05) is 44.9 Å². The number of hydrogen-bond acceptors (Lipinski definition) is 4. The van der Waals surface area contributed by atoms with Crippen LogP contribution in [0.3, 0.4) is 0 Å². The van der Waals surface area contributed by atoms with E-state index in [2.05, 4.69) is 24.9 Å². The van der Waals surface area contributed by atoms with E-state index < -0.39 is 0 Å². The normalized spacial score (nSPS) is 11.0. The number of hydrogen-bond donors (Lipinski definition) is 0. The Bertz CT molecular complexity index is 984. The van der Waals surface area contributed by atoms with Crippen LogP contribution in [0.25, 0.3) is 0 Å². The number of aromatic nitrogens is 3. The molecule has 27 heavy (non-hydrogen) atoms. The van der Waals surface area contributed by atoms with Crippen LogP contribution in [0, 0.1) is 18.3 Å². The third kappa shape index (κ3) is 4.65. The summed E-state index contributed by atoms with van der Waals surface area (Å²) in [5.41, 5.74) is 3.52. The smallest absolute Gasteiger partial charge is 0.103 e. The molecule has 0 amide bonds. The number of benzene rings is 1. The maximum atomic E-state index is 8.95. The van der Waals surface area contributed by atoms with Crippen molar-refractivity contribution in [2.75, 3.05) is 0 Å². The van der Waals surface area contributed by atoms with Gasteiger partial charge in [0.25, 0.3) is 0 Å². The second-order valence-corrected chi connectivity index (χ2v) is 8.38. The van der Waals surface area contributed by atoms with Crippen LogP contribution in [-0.4, -0.2) is 14.8 Å². The van der Waals surface area contributed by atoms with Gasteiger partial charge in [-0.25, -0.2) is 0 Å². The van der Waals surface area contributed by atoms with Crippen molar-refractivity contribution in [3.8, 4) is 6.07 Å². The molecule has 0 spiro atoms. The molecule has 0 fully saturated rings. The van der Waals surface area contributed by atoms with Gasteiger partial charge in [-0.05, 0) is 51.1 Å². The standard InChI is InChI=1S/C20H18Cl2N4S/c1-12(2)26-20(27-18-7-15(21)6-16(22)8-18)19(13(3)25-26)9-17-5-4-14(10-23)11-24-17/h4-8,11-12H,9H2,1-3H3. The topological polar surface area (TPSA) is 54.5 Å². The largest absolute Gasteiger partial charge is 0.260 e. The van der Waals surface area contributed by atoms with Gasteiger partial charge >= 0.3 is 0 Å². The van der Waals surface area contributed by atoms with Crippen LogP contribution in [0.2, 0.25) is 10.0 Å². The first-order valence-electron chi connectivity index (χ1n) is 8.44. The SMILES string of the molecule is Cc1nn(C(C)C)c(Sc2cc(Cl)cc(Cl)c2)c1Cc1ccc(C#N)cn1. The molecule has 0 aliphatic heterocycles. The van der Waals surface area contributed by atoms with Crippen LogP contribution >= 0.6 is 35.0 Å². The molecule has 0 N–H and O–H groups in total. The fourth-order valence-corrected chi connectivity index (χ4v) is 4.64. The van der Waals surface area contributed by atoms with E-state index in [1.54, 1.807) is 30.1 Å². The van der Waals surface area contributed by atoms with Crippen molar-refractivity contribution in [1.82, 2.24) is 14.8 Å². The van der Waals surface area contributed by atoms with Crippen molar-refractivity contribution in [2.45, 2.75) is 43.2 Å². The van der Waals surface area contributed by atoms with Crippen molar-refractivity contribution in [3.05, 3.63) is 69.1 Å². The van der Waals surface area contributed by atoms with Crippen LogP contribution in [0.15, 0.2) is 46.5 Å². The minimum absolute atomic E-state index is 0.212. The number of aryl methyl sites for hydroxylation is 1. The van der Waals surface area contributed by atoms with Gasteiger partial charge in [0.1, 0.15) is 11.1 Å². The van der Waals surface area contributed by atoms with Crippen molar-refractivity contribution < 1.29 is 0 Å². The summed E-state index contributed by atoms with van der Waals surface area (Å²) in [7, 11) is 0. The van der Waals surface area contributed by atoms with Crippen LogP contribution in [-0.2, 0) is 6.42 Å². The highest BCUT2D eigenvalue weighted by Gasteiger charge is 2.19. The van der Waals surface area contributed by atoms with Crippen LogP contribution < -0.4 is 0 Å². The number of rotatable bonds is 5. The highest BCUT2D eigenvalue weighted by atomic mass is 35.5. The van der Waals surface area contributed by atoms with E-state index in [1.807, 2.05) is 29.8 Å². The third-order valence-corrected chi connectivity index (χ3v) is 5.55. The molecule has 0 saturated heterocycles. The minimum Gasteiger partial charge on any atom is -0.260 e. The second-order valence-electron chi connectivity index (χ2n) is 6.44. The summed E-state index contributed by atoms with van der Waals surface area (Å²) in [6, 6.07) is 11.5. The third-order valence-electron chi connectivity index (χ3n) is 4.01. The lowest BCUT2D eigenvalue weighted by molar-refractivity contribution is 0.489. The first-order chi connectivity index (χ1) is 12.9. The van der Waals surface area contributed by atoms with Crippen LogP contribution in [0.4, 0.5) is 0 Å². The highest BCUT2D eigenvalue weighted by Crippen LogP contribution is 2.37. The Morgan fingerprint density at radius 1 is 1.19 bits per heavy atom. The quantitative estimate of drug-likeness (QED) is 0.504. The summed E-state index contributed by atoms with van der Waals surface area (Å²) in [6.45, 7) is 6.21. The Kier molecular flexibility index (Phi) is 6.11. The summed E-state index contributed by atoms with van der Waals surface area (Å²) in [4.78, 5) is 5.37. The van der Waals surface area contributed by atoms with Gasteiger partial charge in [-0.1, -0.05) is 35.0 Å². The molecule has 3 rings (SSSR count). The molecule has 0 aliphatic rings. The molecule has 0 aliphatic carbocycles. The molecule has 138 valence electrons. The molecular formula is C20H18Cl2N4S. The fraction of sp³-hybridized carbons (Fsp3) is 0.250. The number of nitrogens with zero attached hydrogens (tertiary/aromatic N) is 4. The van der Waals surface area contributed by atoms with Crippen molar-refractivity contribution in [3.63, 3.8) is 0 Å². The van der Waals surface area contributed by atoms with Crippen LogP contribution in [0.1, 0.15) is 42.4 Å². The molecule has 1 aromatic carbocycles. The van der Waals surface area contributed by atoms with Gasteiger partial charge in [0.2, 0.25) is 0 Å². The van der Waals surface area contributed by atoms with Gasteiger partial charge in [-0.2, -0.15) is 10.4 Å². The van der Waals surface area contributed by atoms with E-state index in [9.17, 15) is 0 Å². The lowest BCUT2D eigenvalue weighted by Gasteiger charge is -2.13. The van der Waals surface area contributed by atoms with E-state index in [0.29, 0.717) is 22.0 Å². The molecule has 7 heteroatoms. The zero-order valence-corrected chi connectivity index (χ0v) is 17.5. The Balaban J connectivity index is 2.01. The van der Waals surface area contributed by atoms with Gasteiger partial charge in [0.05, 0.1) is 11.3 Å². The second kappa shape index (κ2) is 8.35. The molecule has 4 nitrogen and oxygen atoms in total. The van der Waals surface area contributed by atoms with Crippen molar-refractivity contribution in [2.24, 2.45) is 0 Å². The maximum absolute atomic E-state index is 8.95. The van der Waals surface area contributed by atoms with Gasteiger partial charge in [-0.15, -0.1) is 0 Å². The van der Waals surface area contributed by atoms with Crippen molar-refractivity contribution >= 4 is 35.0 Å². The fourth-order valence-electron chi connectivity index (χ4n) is 2.70. The first-order valence-corrected chi connectivity index (χ1v) is 10.0.